The highest BCUT2D eigenvalue weighted by atomic mass is 16.5. The number of aromatic nitrogens is 1. The summed E-state index contributed by atoms with van der Waals surface area (Å²) < 4.78 is 11.8. The molecule has 1 aliphatic rings. The van der Waals surface area contributed by atoms with Crippen molar-refractivity contribution in [2.24, 2.45) is 5.92 Å². The largest absolute Gasteiger partial charge is 0.497 e. The van der Waals surface area contributed by atoms with Crippen LogP contribution >= 0.6 is 0 Å². The summed E-state index contributed by atoms with van der Waals surface area (Å²) in [7, 11) is 3.32. The molecule has 42 heavy (non-hydrogen) atoms. The van der Waals surface area contributed by atoms with Crippen LogP contribution in [0.1, 0.15) is 24.2 Å². The van der Waals surface area contributed by atoms with E-state index >= 15 is 0 Å². The van der Waals surface area contributed by atoms with E-state index in [0.29, 0.717) is 17.9 Å². The van der Waals surface area contributed by atoms with E-state index < -0.39 is 12.1 Å². The number of carbonyl (C=O) groups is 2. The highest BCUT2D eigenvalue weighted by Crippen LogP contribution is 2.32. The SMILES string of the molecule is COc1cccc(-c2cnc3c(c2)C(=O)N([C@H](C)CO)C[C@H](C)[C@H](CN(C)C(=O)Nc2cccc4ccccc24)O3)c1. The smallest absolute Gasteiger partial charge is 0.321 e. The van der Waals surface area contributed by atoms with Gasteiger partial charge in [0, 0.05) is 36.7 Å². The van der Waals surface area contributed by atoms with Crippen molar-refractivity contribution in [2.45, 2.75) is 26.0 Å². The molecule has 9 heteroatoms. The fourth-order valence-corrected chi connectivity index (χ4v) is 5.18. The topological polar surface area (TPSA) is 104 Å². The van der Waals surface area contributed by atoms with Crippen LogP contribution in [-0.4, -0.2) is 77.8 Å². The lowest BCUT2D eigenvalue weighted by Gasteiger charge is -2.37. The van der Waals surface area contributed by atoms with Gasteiger partial charge in [0.1, 0.15) is 17.4 Å². The van der Waals surface area contributed by atoms with Crippen molar-refractivity contribution in [3.63, 3.8) is 0 Å². The lowest BCUT2D eigenvalue weighted by molar-refractivity contribution is 0.0356. The maximum absolute atomic E-state index is 13.8. The second-order valence-corrected chi connectivity index (χ2v) is 10.8. The molecule has 9 nitrogen and oxygen atoms in total. The van der Waals surface area contributed by atoms with E-state index in [1.807, 2.05) is 80.6 Å². The summed E-state index contributed by atoms with van der Waals surface area (Å²) in [5.41, 5.74) is 2.60. The number of pyridine rings is 1. The molecule has 1 aromatic heterocycles. The highest BCUT2D eigenvalue weighted by Gasteiger charge is 2.35. The first kappa shape index (κ1) is 28.9. The Hall–Kier alpha value is -4.63. The molecular weight excluding hydrogens is 532 g/mol. The monoisotopic (exact) mass is 568 g/mol. The molecule has 0 bridgehead atoms. The van der Waals surface area contributed by atoms with E-state index in [4.69, 9.17) is 9.47 Å². The molecular formula is C33H36N4O5. The summed E-state index contributed by atoms with van der Waals surface area (Å²) >= 11 is 0. The zero-order valence-corrected chi connectivity index (χ0v) is 24.3. The van der Waals surface area contributed by atoms with E-state index in [0.717, 1.165) is 27.6 Å². The zero-order valence-electron chi connectivity index (χ0n) is 24.3. The standard InChI is InChI=1S/C33H36N4O5/c1-21-18-37(22(2)20-38)32(39)28-16-25(24-11-7-12-26(15-24)41-4)17-34-31(28)42-30(21)19-36(3)33(40)35-29-14-8-10-23-9-5-6-13-27(23)29/h5-17,21-22,30,38H,18-20H2,1-4H3,(H,35,40)/t21-,22+,30-/m0/s1. The maximum atomic E-state index is 13.8. The number of fused-ring (bicyclic) bond motifs is 2. The Bertz CT molecular complexity index is 1590. The number of hydrogen-bond acceptors (Lipinski definition) is 6. The Morgan fingerprint density at radius 1 is 1.14 bits per heavy atom. The van der Waals surface area contributed by atoms with Gasteiger partial charge in [0.15, 0.2) is 0 Å². The van der Waals surface area contributed by atoms with Gasteiger partial charge in [0.2, 0.25) is 5.88 Å². The van der Waals surface area contributed by atoms with E-state index in [-0.39, 0.29) is 36.9 Å². The number of anilines is 1. The van der Waals surface area contributed by atoms with Crippen molar-refractivity contribution in [2.75, 3.05) is 39.2 Å². The van der Waals surface area contributed by atoms with Crippen LogP contribution in [0.2, 0.25) is 0 Å². The second kappa shape index (κ2) is 12.5. The molecule has 0 unspecified atom stereocenters. The third-order valence-corrected chi connectivity index (χ3v) is 7.76. The van der Waals surface area contributed by atoms with Gasteiger partial charge in [-0.15, -0.1) is 0 Å². The number of benzene rings is 3. The number of hydrogen-bond donors (Lipinski definition) is 2. The summed E-state index contributed by atoms with van der Waals surface area (Å²) in [6, 6.07) is 22.3. The van der Waals surface area contributed by atoms with Crippen LogP contribution in [0.5, 0.6) is 11.6 Å². The Kier molecular flexibility index (Phi) is 8.59. The van der Waals surface area contributed by atoms with Crippen molar-refractivity contribution >= 4 is 28.4 Å². The first-order chi connectivity index (χ1) is 20.3. The van der Waals surface area contributed by atoms with E-state index in [2.05, 4.69) is 10.3 Å². The van der Waals surface area contributed by atoms with Crippen LogP contribution in [0.4, 0.5) is 10.5 Å². The first-order valence-corrected chi connectivity index (χ1v) is 14.0. The number of aliphatic hydroxyl groups is 1. The minimum Gasteiger partial charge on any atom is -0.497 e. The molecule has 2 heterocycles. The average molecular weight is 569 g/mol. The number of likely N-dealkylation sites (N-methyl/N-ethyl adjacent to an activating group) is 1. The van der Waals surface area contributed by atoms with Gasteiger partial charge in [-0.3, -0.25) is 4.79 Å². The van der Waals surface area contributed by atoms with Crippen LogP contribution < -0.4 is 14.8 Å². The molecule has 3 amide bonds. The molecule has 3 atom stereocenters. The fraction of sp³-hybridized carbons (Fsp3) is 0.303. The van der Waals surface area contributed by atoms with Crippen molar-refractivity contribution in [3.05, 3.63) is 84.6 Å². The summed E-state index contributed by atoms with van der Waals surface area (Å²) in [6.45, 7) is 4.19. The van der Waals surface area contributed by atoms with Crippen molar-refractivity contribution < 1.29 is 24.2 Å². The molecule has 1 aliphatic heterocycles. The van der Waals surface area contributed by atoms with Crippen molar-refractivity contribution in [1.29, 1.82) is 0 Å². The fourth-order valence-electron chi connectivity index (χ4n) is 5.18. The van der Waals surface area contributed by atoms with Crippen molar-refractivity contribution in [3.8, 4) is 22.8 Å². The summed E-state index contributed by atoms with van der Waals surface area (Å²) in [6.07, 6.45) is 1.20. The number of amides is 3. The summed E-state index contributed by atoms with van der Waals surface area (Å²) in [4.78, 5) is 34.9. The quantitative estimate of drug-likeness (QED) is 0.314. The van der Waals surface area contributed by atoms with Crippen LogP contribution in [0, 0.1) is 5.92 Å². The van der Waals surface area contributed by atoms with Crippen LogP contribution in [0.3, 0.4) is 0 Å². The number of methoxy groups -OCH3 is 1. The summed E-state index contributed by atoms with van der Waals surface area (Å²) in [5, 5.41) is 15.0. The normalized spacial score (nSPS) is 17.5. The molecule has 0 radical (unpaired) electrons. The number of rotatable bonds is 7. The van der Waals surface area contributed by atoms with Crippen LogP contribution in [0.25, 0.3) is 21.9 Å². The Morgan fingerprint density at radius 2 is 1.90 bits per heavy atom. The molecule has 3 aromatic carbocycles. The van der Waals surface area contributed by atoms with Crippen molar-refractivity contribution in [1.82, 2.24) is 14.8 Å². The number of urea groups is 1. The Morgan fingerprint density at radius 3 is 2.69 bits per heavy atom. The molecule has 0 saturated heterocycles. The number of aliphatic hydroxyl groups excluding tert-OH is 1. The highest BCUT2D eigenvalue weighted by molar-refractivity contribution is 6.01. The van der Waals surface area contributed by atoms with Gasteiger partial charge in [0.25, 0.3) is 5.91 Å². The van der Waals surface area contributed by atoms with Gasteiger partial charge in [-0.1, -0.05) is 55.5 Å². The zero-order chi connectivity index (χ0) is 29.8. The van der Waals surface area contributed by atoms with E-state index in [1.54, 1.807) is 36.2 Å². The van der Waals surface area contributed by atoms with Crippen LogP contribution in [0.15, 0.2) is 79.0 Å². The second-order valence-electron chi connectivity index (χ2n) is 10.8. The molecule has 0 aliphatic carbocycles. The summed E-state index contributed by atoms with van der Waals surface area (Å²) in [5.74, 6) is 0.456. The number of nitrogens with one attached hydrogen (secondary N) is 1. The first-order valence-electron chi connectivity index (χ1n) is 14.0. The molecule has 218 valence electrons. The molecule has 0 spiro atoms. The van der Waals surface area contributed by atoms with Gasteiger partial charge in [-0.25, -0.2) is 9.78 Å². The number of ether oxygens (including phenoxy) is 2. The van der Waals surface area contributed by atoms with Gasteiger partial charge in [0.05, 0.1) is 32.0 Å². The van der Waals surface area contributed by atoms with Crippen LogP contribution in [-0.2, 0) is 0 Å². The minimum absolute atomic E-state index is 0.163. The molecule has 4 aromatic rings. The molecule has 0 fully saturated rings. The van der Waals surface area contributed by atoms with E-state index in [1.165, 1.54) is 0 Å². The number of nitrogens with zero attached hydrogens (tertiary/aromatic N) is 3. The predicted molar refractivity (Wildman–Crippen MR) is 163 cm³/mol. The van der Waals surface area contributed by atoms with E-state index in [9.17, 15) is 14.7 Å². The molecule has 2 N–H and O–H groups in total. The third-order valence-electron chi connectivity index (χ3n) is 7.76. The Balaban J connectivity index is 1.43. The van der Waals surface area contributed by atoms with Gasteiger partial charge < -0.3 is 29.7 Å². The average Bonchev–Trinajstić information content (AvgIpc) is 3.02. The molecule has 0 saturated carbocycles. The maximum Gasteiger partial charge on any atom is 0.321 e. The lowest BCUT2D eigenvalue weighted by Crippen LogP contribution is -2.50. The Labute approximate surface area is 245 Å². The molecule has 5 rings (SSSR count). The number of carbonyl (C=O) groups excluding carboxylic acids is 2. The van der Waals surface area contributed by atoms with Gasteiger partial charge in [-0.2, -0.15) is 0 Å². The lowest BCUT2D eigenvalue weighted by atomic mass is 9.99. The van der Waals surface area contributed by atoms with Gasteiger partial charge in [-0.05, 0) is 42.1 Å². The predicted octanol–water partition coefficient (Wildman–Crippen LogP) is 5.29. The minimum atomic E-state index is -0.469. The third kappa shape index (κ3) is 6.01. The van der Waals surface area contributed by atoms with Gasteiger partial charge >= 0.3 is 6.03 Å².